The van der Waals surface area contributed by atoms with Crippen LogP contribution in [0.4, 0.5) is 0 Å². The summed E-state index contributed by atoms with van der Waals surface area (Å²) in [7, 11) is 0. The monoisotopic (exact) mass is 135 g/mol. The smallest absolute Gasteiger partial charge is 0.00405 e. The molecule has 0 bridgehead atoms. The van der Waals surface area contributed by atoms with Crippen molar-refractivity contribution in [3.8, 4) is 0 Å². The first-order chi connectivity index (χ1) is 4.83. The maximum Gasteiger partial charge on any atom is 0.00405 e. The lowest BCUT2D eigenvalue weighted by molar-refractivity contribution is 0.514. The summed E-state index contributed by atoms with van der Waals surface area (Å²) >= 11 is 0. The maximum absolute atomic E-state index is 5.59. The number of hydrogen-bond donors (Lipinski definition) is 1. The highest BCUT2D eigenvalue weighted by atomic mass is 14.6. The summed E-state index contributed by atoms with van der Waals surface area (Å²) in [6.07, 6.45) is 5.78. The fourth-order valence-corrected chi connectivity index (χ4v) is 2.00. The molecule has 1 fully saturated rings. The second kappa shape index (κ2) is 1.96. The Hall–Kier alpha value is -0.560. The molecule has 0 aromatic heterocycles. The Balaban J connectivity index is 2.15. The first-order valence-electron chi connectivity index (χ1n) is 3.90. The highest BCUT2D eigenvalue weighted by Gasteiger charge is 2.37. The maximum atomic E-state index is 5.59. The van der Waals surface area contributed by atoms with Gasteiger partial charge in [-0.25, -0.2) is 0 Å². The van der Waals surface area contributed by atoms with Crippen molar-refractivity contribution >= 4 is 0 Å². The van der Waals surface area contributed by atoms with Gasteiger partial charge in [0.1, 0.15) is 0 Å². The molecule has 1 saturated carbocycles. The summed E-state index contributed by atoms with van der Waals surface area (Å²) in [6.45, 7) is 4.84. The highest BCUT2D eigenvalue weighted by Crippen LogP contribution is 2.46. The van der Waals surface area contributed by atoms with E-state index in [1.807, 2.05) is 0 Å². The minimum absolute atomic E-state index is 0.602. The van der Waals surface area contributed by atoms with Gasteiger partial charge < -0.3 is 5.73 Å². The second-order valence-electron chi connectivity index (χ2n) is 3.32. The molecular formula is C9H13N. The van der Waals surface area contributed by atoms with Crippen LogP contribution in [0.1, 0.15) is 6.42 Å². The third-order valence-electron chi connectivity index (χ3n) is 2.82. The third-order valence-corrected chi connectivity index (χ3v) is 2.82. The predicted octanol–water partition coefficient (Wildman–Crippen LogP) is 1.32. The zero-order valence-corrected chi connectivity index (χ0v) is 6.09. The number of hydrogen-bond acceptors (Lipinski definition) is 1. The molecule has 2 N–H and O–H groups in total. The molecule has 2 aliphatic carbocycles. The molecular weight excluding hydrogens is 122 g/mol. The molecule has 1 heteroatoms. The second-order valence-corrected chi connectivity index (χ2v) is 3.32. The predicted molar refractivity (Wildman–Crippen MR) is 42.4 cm³/mol. The van der Waals surface area contributed by atoms with Gasteiger partial charge in [-0.1, -0.05) is 24.3 Å². The van der Waals surface area contributed by atoms with Crippen LogP contribution in [0.25, 0.3) is 0 Å². The number of fused-ring (bicyclic) bond motifs is 1. The number of nitrogens with two attached hydrogens (primary N) is 1. The minimum Gasteiger partial charge on any atom is -0.330 e. The van der Waals surface area contributed by atoms with Crippen molar-refractivity contribution in [2.24, 2.45) is 23.5 Å². The van der Waals surface area contributed by atoms with Gasteiger partial charge in [-0.3, -0.25) is 0 Å². The summed E-state index contributed by atoms with van der Waals surface area (Å²) in [5.74, 6) is 2.08. The van der Waals surface area contributed by atoms with E-state index < -0.39 is 0 Å². The first kappa shape index (κ1) is 6.17. The van der Waals surface area contributed by atoms with Crippen LogP contribution in [0.15, 0.2) is 24.3 Å². The van der Waals surface area contributed by atoms with Gasteiger partial charge >= 0.3 is 0 Å². The lowest BCUT2D eigenvalue weighted by Gasteiger charge is -2.21. The van der Waals surface area contributed by atoms with Crippen LogP contribution in [0, 0.1) is 17.8 Å². The molecule has 3 unspecified atom stereocenters. The summed E-state index contributed by atoms with van der Waals surface area (Å²) in [6, 6.07) is 0. The zero-order chi connectivity index (χ0) is 7.14. The Morgan fingerprint density at radius 2 is 2.40 bits per heavy atom. The van der Waals surface area contributed by atoms with Crippen molar-refractivity contribution in [1.29, 1.82) is 0 Å². The molecule has 0 heterocycles. The largest absolute Gasteiger partial charge is 0.330 e. The molecule has 54 valence electrons. The Morgan fingerprint density at radius 1 is 1.60 bits per heavy atom. The quantitative estimate of drug-likeness (QED) is 0.539. The van der Waals surface area contributed by atoms with Crippen LogP contribution in [0.3, 0.4) is 0 Å². The fourth-order valence-electron chi connectivity index (χ4n) is 2.00. The van der Waals surface area contributed by atoms with Crippen LogP contribution in [-0.2, 0) is 0 Å². The average Bonchev–Trinajstić information content (AvgIpc) is 2.05. The average molecular weight is 135 g/mol. The highest BCUT2D eigenvalue weighted by molar-refractivity contribution is 5.29. The van der Waals surface area contributed by atoms with Gasteiger partial charge in [0.25, 0.3) is 0 Å². The van der Waals surface area contributed by atoms with Gasteiger partial charge in [0.05, 0.1) is 0 Å². The normalized spacial score (nSPS) is 43.3. The molecule has 0 aromatic rings. The lowest BCUT2D eigenvalue weighted by Crippen LogP contribution is -2.13. The third kappa shape index (κ3) is 0.613. The van der Waals surface area contributed by atoms with E-state index in [1.165, 1.54) is 12.0 Å². The van der Waals surface area contributed by atoms with E-state index >= 15 is 0 Å². The summed E-state index contributed by atoms with van der Waals surface area (Å²) in [4.78, 5) is 0. The van der Waals surface area contributed by atoms with E-state index in [4.69, 9.17) is 5.73 Å². The summed E-state index contributed by atoms with van der Waals surface area (Å²) in [5.41, 5.74) is 6.96. The molecule has 3 atom stereocenters. The van der Waals surface area contributed by atoms with E-state index in [2.05, 4.69) is 18.7 Å². The van der Waals surface area contributed by atoms with Crippen LogP contribution >= 0.6 is 0 Å². The SMILES string of the molecule is C=C1C(CN)CC2C=CC12. The van der Waals surface area contributed by atoms with Crippen molar-refractivity contribution < 1.29 is 0 Å². The first-order valence-corrected chi connectivity index (χ1v) is 3.90. The molecule has 1 nitrogen and oxygen atoms in total. The van der Waals surface area contributed by atoms with E-state index in [0.29, 0.717) is 11.8 Å². The molecule has 0 radical (unpaired) electrons. The van der Waals surface area contributed by atoms with Crippen molar-refractivity contribution in [2.75, 3.05) is 6.54 Å². The van der Waals surface area contributed by atoms with Crippen LogP contribution in [-0.4, -0.2) is 6.54 Å². The summed E-state index contributed by atoms with van der Waals surface area (Å²) < 4.78 is 0. The molecule has 2 aliphatic rings. The van der Waals surface area contributed by atoms with Gasteiger partial charge in [0, 0.05) is 5.92 Å². The van der Waals surface area contributed by atoms with Gasteiger partial charge in [0.2, 0.25) is 0 Å². The van der Waals surface area contributed by atoms with Gasteiger partial charge in [-0.05, 0) is 24.8 Å². The van der Waals surface area contributed by atoms with Crippen LogP contribution in [0.5, 0.6) is 0 Å². The molecule has 0 spiro atoms. The minimum atomic E-state index is 0.602. The Bertz CT molecular complexity index is 193. The van der Waals surface area contributed by atoms with Gasteiger partial charge in [0.15, 0.2) is 0 Å². The van der Waals surface area contributed by atoms with Crippen molar-refractivity contribution in [3.63, 3.8) is 0 Å². The van der Waals surface area contributed by atoms with E-state index in [0.717, 1.165) is 12.5 Å². The molecule has 0 saturated heterocycles. The van der Waals surface area contributed by atoms with Crippen LogP contribution in [0.2, 0.25) is 0 Å². The molecule has 0 aromatic carbocycles. The lowest BCUT2D eigenvalue weighted by atomic mass is 9.84. The van der Waals surface area contributed by atoms with Gasteiger partial charge in [-0.15, -0.1) is 0 Å². The van der Waals surface area contributed by atoms with E-state index in [1.54, 1.807) is 0 Å². The van der Waals surface area contributed by atoms with E-state index in [9.17, 15) is 0 Å². The van der Waals surface area contributed by atoms with E-state index in [-0.39, 0.29) is 0 Å². The zero-order valence-electron chi connectivity index (χ0n) is 6.09. The Labute approximate surface area is 61.6 Å². The topological polar surface area (TPSA) is 26.0 Å². The van der Waals surface area contributed by atoms with Crippen LogP contribution < -0.4 is 5.73 Å². The molecule has 0 amide bonds. The molecule has 10 heavy (non-hydrogen) atoms. The molecule has 2 rings (SSSR count). The van der Waals surface area contributed by atoms with Crippen molar-refractivity contribution in [2.45, 2.75) is 6.42 Å². The Morgan fingerprint density at radius 3 is 2.70 bits per heavy atom. The standard InChI is InChI=1S/C9H13N/c1-6-8(5-10)4-7-2-3-9(6)7/h2-3,7-9H,1,4-5,10H2. The van der Waals surface area contributed by atoms with Gasteiger partial charge in [-0.2, -0.15) is 0 Å². The molecule has 0 aliphatic heterocycles. The number of allylic oxidation sites excluding steroid dienone is 2. The van der Waals surface area contributed by atoms with Crippen molar-refractivity contribution in [3.05, 3.63) is 24.3 Å². The fraction of sp³-hybridized carbons (Fsp3) is 0.556. The Kier molecular flexibility index (Phi) is 1.21. The number of rotatable bonds is 1. The van der Waals surface area contributed by atoms with Crippen molar-refractivity contribution in [1.82, 2.24) is 0 Å². The summed E-state index contributed by atoms with van der Waals surface area (Å²) in [5, 5.41) is 0.